The molecule has 1 aromatic heterocycles. The summed E-state index contributed by atoms with van der Waals surface area (Å²) in [4.78, 5) is 39.8. The quantitative estimate of drug-likeness (QED) is 0.784. The molecule has 0 radical (unpaired) electrons. The molecule has 0 atom stereocenters. The van der Waals surface area contributed by atoms with E-state index in [9.17, 15) is 14.4 Å². The zero-order valence-corrected chi connectivity index (χ0v) is 9.85. The number of aromatic nitrogens is 3. The number of anilines is 1. The molecule has 1 N–H and O–H groups in total. The fraction of sp³-hybridized carbons (Fsp3) is 0. The largest absolute Gasteiger partial charge is 0.478 e. The Labute approximate surface area is 111 Å². The van der Waals surface area contributed by atoms with Gasteiger partial charge in [0.25, 0.3) is 17.8 Å². The molecule has 98 valence electrons. The first-order valence-electron chi connectivity index (χ1n) is 5.49. The minimum Gasteiger partial charge on any atom is -0.478 e. The Balaban J connectivity index is 2.11. The van der Waals surface area contributed by atoms with Crippen LogP contribution in [0, 0.1) is 0 Å². The average Bonchev–Trinajstić information content (AvgIpc) is 2.71. The Bertz CT molecular complexity index is 744. The number of carbonyl (C=O) groups is 3. The molecule has 8 heteroatoms. The van der Waals surface area contributed by atoms with Gasteiger partial charge in [0.2, 0.25) is 0 Å². The molecule has 2 heterocycles. The number of imide groups is 1. The molecule has 20 heavy (non-hydrogen) atoms. The molecule has 1 aliphatic rings. The van der Waals surface area contributed by atoms with Crippen LogP contribution < -0.4 is 4.90 Å². The zero-order valence-electron chi connectivity index (χ0n) is 9.85. The van der Waals surface area contributed by atoms with E-state index >= 15 is 0 Å². The van der Waals surface area contributed by atoms with Crippen molar-refractivity contribution in [2.45, 2.75) is 0 Å². The number of rotatable bonds is 2. The lowest BCUT2D eigenvalue weighted by Gasteiger charge is -2.09. The molecule has 0 bridgehead atoms. The van der Waals surface area contributed by atoms with E-state index in [0.29, 0.717) is 0 Å². The van der Waals surface area contributed by atoms with E-state index in [4.69, 9.17) is 5.11 Å². The standard InChI is InChI=1S/C12H6N4O4/c17-9-7-2-1-6(11(19)20)5-8(7)10(18)16(9)12-13-3-4-14-15-12/h1-5H,(H,19,20). The first kappa shape index (κ1) is 11.9. The Kier molecular flexibility index (Phi) is 2.50. The monoisotopic (exact) mass is 270 g/mol. The molecular weight excluding hydrogens is 264 g/mol. The number of hydrogen-bond donors (Lipinski definition) is 1. The van der Waals surface area contributed by atoms with Gasteiger partial charge in [0, 0.05) is 0 Å². The summed E-state index contributed by atoms with van der Waals surface area (Å²) in [5, 5.41) is 16.1. The third kappa shape index (κ3) is 1.62. The van der Waals surface area contributed by atoms with Crippen molar-refractivity contribution in [2.75, 3.05) is 4.90 Å². The number of carboxylic acids is 1. The van der Waals surface area contributed by atoms with Crippen LogP contribution in [-0.4, -0.2) is 38.1 Å². The fourth-order valence-corrected chi connectivity index (χ4v) is 1.90. The summed E-state index contributed by atoms with van der Waals surface area (Å²) in [6, 6.07) is 3.73. The highest BCUT2D eigenvalue weighted by Crippen LogP contribution is 2.26. The van der Waals surface area contributed by atoms with Gasteiger partial charge in [-0.1, -0.05) is 0 Å². The lowest BCUT2D eigenvalue weighted by molar-refractivity contribution is 0.0696. The predicted octanol–water partition coefficient (Wildman–Crippen LogP) is 0.370. The minimum absolute atomic E-state index is 0.0161. The van der Waals surface area contributed by atoms with Crippen LogP contribution in [0.3, 0.4) is 0 Å². The molecule has 0 spiro atoms. The van der Waals surface area contributed by atoms with Crippen molar-refractivity contribution >= 4 is 23.7 Å². The van der Waals surface area contributed by atoms with Crippen molar-refractivity contribution in [1.29, 1.82) is 0 Å². The number of amides is 2. The lowest BCUT2D eigenvalue weighted by atomic mass is 10.1. The van der Waals surface area contributed by atoms with E-state index in [-0.39, 0.29) is 22.6 Å². The summed E-state index contributed by atoms with van der Waals surface area (Å²) in [6.45, 7) is 0. The highest BCUT2D eigenvalue weighted by molar-refractivity contribution is 6.34. The highest BCUT2D eigenvalue weighted by Gasteiger charge is 2.38. The minimum atomic E-state index is -1.18. The molecular formula is C12H6N4O4. The second kappa shape index (κ2) is 4.19. The predicted molar refractivity (Wildman–Crippen MR) is 64.4 cm³/mol. The molecule has 0 unspecified atom stereocenters. The van der Waals surface area contributed by atoms with Gasteiger partial charge < -0.3 is 5.11 Å². The second-order valence-electron chi connectivity index (χ2n) is 3.95. The van der Waals surface area contributed by atoms with E-state index in [2.05, 4.69) is 15.2 Å². The van der Waals surface area contributed by atoms with E-state index in [1.165, 1.54) is 24.5 Å². The third-order valence-corrected chi connectivity index (χ3v) is 2.80. The van der Waals surface area contributed by atoms with Crippen molar-refractivity contribution in [3.05, 3.63) is 47.3 Å². The van der Waals surface area contributed by atoms with E-state index < -0.39 is 17.8 Å². The van der Waals surface area contributed by atoms with Crippen LogP contribution in [0.1, 0.15) is 31.1 Å². The number of benzene rings is 1. The maximum atomic E-state index is 12.2. The summed E-state index contributed by atoms with van der Waals surface area (Å²) < 4.78 is 0. The number of hydrogen-bond acceptors (Lipinski definition) is 6. The van der Waals surface area contributed by atoms with Crippen LogP contribution in [-0.2, 0) is 0 Å². The van der Waals surface area contributed by atoms with Gasteiger partial charge in [-0.2, -0.15) is 5.10 Å². The van der Waals surface area contributed by atoms with Crippen LogP contribution >= 0.6 is 0 Å². The molecule has 2 amide bonds. The molecule has 0 fully saturated rings. The third-order valence-electron chi connectivity index (χ3n) is 2.80. The van der Waals surface area contributed by atoms with Gasteiger partial charge in [-0.05, 0) is 18.2 Å². The Hall–Kier alpha value is -3.16. The fourth-order valence-electron chi connectivity index (χ4n) is 1.90. The van der Waals surface area contributed by atoms with E-state index in [0.717, 1.165) is 11.0 Å². The number of carboxylic acid groups (broad SMARTS) is 1. The molecule has 2 aromatic rings. The molecule has 3 rings (SSSR count). The second-order valence-corrected chi connectivity index (χ2v) is 3.95. The van der Waals surface area contributed by atoms with Gasteiger partial charge in [0.05, 0.1) is 29.1 Å². The Morgan fingerprint density at radius 3 is 2.50 bits per heavy atom. The SMILES string of the molecule is O=C(O)c1ccc2c(c1)C(=O)N(c1nccnn1)C2=O. The zero-order chi connectivity index (χ0) is 14.3. The van der Waals surface area contributed by atoms with Gasteiger partial charge in [-0.15, -0.1) is 5.10 Å². The van der Waals surface area contributed by atoms with Crippen LogP contribution in [0.5, 0.6) is 0 Å². The number of carbonyl (C=O) groups excluding carboxylic acids is 2. The Morgan fingerprint density at radius 2 is 1.85 bits per heavy atom. The summed E-state index contributed by atoms with van der Waals surface area (Å²) >= 11 is 0. The van der Waals surface area contributed by atoms with Gasteiger partial charge in [0.1, 0.15) is 0 Å². The summed E-state index contributed by atoms with van der Waals surface area (Å²) in [5.74, 6) is -2.59. The van der Waals surface area contributed by atoms with Crippen molar-refractivity contribution in [2.24, 2.45) is 0 Å². The van der Waals surface area contributed by atoms with Crippen LogP contribution in [0.2, 0.25) is 0 Å². The maximum Gasteiger partial charge on any atom is 0.335 e. The van der Waals surface area contributed by atoms with Gasteiger partial charge in [0.15, 0.2) is 0 Å². The normalized spacial score (nSPS) is 13.5. The molecule has 0 aliphatic carbocycles. The summed E-state index contributed by atoms with van der Waals surface area (Å²) in [6.07, 6.45) is 2.61. The summed E-state index contributed by atoms with van der Waals surface area (Å²) in [7, 11) is 0. The van der Waals surface area contributed by atoms with Crippen molar-refractivity contribution in [3.8, 4) is 0 Å². The number of aromatic carboxylic acids is 1. The highest BCUT2D eigenvalue weighted by atomic mass is 16.4. The molecule has 1 aromatic carbocycles. The van der Waals surface area contributed by atoms with E-state index in [1.54, 1.807) is 0 Å². The topological polar surface area (TPSA) is 113 Å². The maximum absolute atomic E-state index is 12.2. The molecule has 0 saturated heterocycles. The van der Waals surface area contributed by atoms with Crippen LogP contribution in [0.4, 0.5) is 5.95 Å². The molecule has 8 nitrogen and oxygen atoms in total. The Morgan fingerprint density at radius 1 is 1.10 bits per heavy atom. The average molecular weight is 270 g/mol. The molecule has 0 saturated carbocycles. The smallest absolute Gasteiger partial charge is 0.335 e. The first-order chi connectivity index (χ1) is 9.59. The van der Waals surface area contributed by atoms with Gasteiger partial charge in [-0.25, -0.2) is 14.7 Å². The lowest BCUT2D eigenvalue weighted by Crippen LogP contribution is -2.31. The van der Waals surface area contributed by atoms with Crippen LogP contribution in [0.25, 0.3) is 0 Å². The summed E-state index contributed by atoms with van der Waals surface area (Å²) in [5.41, 5.74) is 0.0636. The van der Waals surface area contributed by atoms with E-state index in [1.807, 2.05) is 0 Å². The van der Waals surface area contributed by atoms with Crippen molar-refractivity contribution in [1.82, 2.24) is 15.2 Å². The van der Waals surface area contributed by atoms with Gasteiger partial charge >= 0.3 is 5.97 Å². The van der Waals surface area contributed by atoms with Crippen molar-refractivity contribution in [3.63, 3.8) is 0 Å². The van der Waals surface area contributed by atoms with Gasteiger partial charge in [-0.3, -0.25) is 9.59 Å². The number of nitrogens with zero attached hydrogens (tertiary/aromatic N) is 4. The van der Waals surface area contributed by atoms with Crippen molar-refractivity contribution < 1.29 is 19.5 Å². The van der Waals surface area contributed by atoms with Crippen LogP contribution in [0.15, 0.2) is 30.6 Å². The molecule has 1 aliphatic heterocycles. The first-order valence-corrected chi connectivity index (χ1v) is 5.49. The number of fused-ring (bicyclic) bond motifs is 1.